The topological polar surface area (TPSA) is 84.2 Å². The zero-order valence-electron chi connectivity index (χ0n) is 14.6. The standard InChI is InChI=1S/C18H29N3O2/c1-12(2)8-9-14(4)20-17(22)11-16(21-18(19)23)15-7-5-6-13(3)10-15/h5-7,10,12,14,16H,8-9,11H2,1-4H3,(H,20,22)(H3,19,21,23)/t14-,16+/m1/s1. The molecule has 0 unspecified atom stereocenters. The van der Waals surface area contributed by atoms with Crippen molar-refractivity contribution in [2.24, 2.45) is 11.7 Å². The number of nitrogens with two attached hydrogens (primary N) is 1. The molecular weight excluding hydrogens is 290 g/mol. The van der Waals surface area contributed by atoms with Crippen molar-refractivity contribution in [3.05, 3.63) is 35.4 Å². The number of aryl methyl sites for hydroxylation is 1. The van der Waals surface area contributed by atoms with Gasteiger partial charge in [-0.2, -0.15) is 0 Å². The van der Waals surface area contributed by atoms with E-state index in [1.165, 1.54) is 0 Å². The van der Waals surface area contributed by atoms with E-state index < -0.39 is 12.1 Å². The first-order chi connectivity index (χ1) is 10.8. The van der Waals surface area contributed by atoms with Crippen LogP contribution in [0.4, 0.5) is 4.79 Å². The zero-order valence-corrected chi connectivity index (χ0v) is 14.6. The second kappa shape index (κ2) is 9.18. The number of hydrogen-bond donors (Lipinski definition) is 3. The monoisotopic (exact) mass is 319 g/mol. The van der Waals surface area contributed by atoms with E-state index in [1.54, 1.807) is 0 Å². The molecule has 0 heterocycles. The van der Waals surface area contributed by atoms with E-state index in [1.807, 2.05) is 38.1 Å². The smallest absolute Gasteiger partial charge is 0.312 e. The Balaban J connectivity index is 2.66. The molecule has 23 heavy (non-hydrogen) atoms. The summed E-state index contributed by atoms with van der Waals surface area (Å²) in [5, 5.41) is 5.65. The van der Waals surface area contributed by atoms with Crippen LogP contribution in [-0.2, 0) is 4.79 Å². The number of primary amides is 1. The SMILES string of the molecule is Cc1cccc([C@H](CC(=O)N[C@H](C)CCC(C)C)NC(N)=O)c1. The fourth-order valence-corrected chi connectivity index (χ4v) is 2.49. The maximum absolute atomic E-state index is 12.2. The lowest BCUT2D eigenvalue weighted by Gasteiger charge is -2.20. The van der Waals surface area contributed by atoms with Crippen LogP contribution in [0.3, 0.4) is 0 Å². The normalized spacial score (nSPS) is 13.4. The van der Waals surface area contributed by atoms with Gasteiger partial charge in [-0.05, 0) is 38.2 Å². The average Bonchev–Trinajstić information content (AvgIpc) is 2.44. The highest BCUT2D eigenvalue weighted by atomic mass is 16.2. The van der Waals surface area contributed by atoms with E-state index in [0.717, 1.165) is 24.0 Å². The lowest BCUT2D eigenvalue weighted by Crippen LogP contribution is -2.39. The second-order valence-corrected chi connectivity index (χ2v) is 6.62. The predicted molar refractivity (Wildman–Crippen MR) is 92.9 cm³/mol. The fraction of sp³-hybridized carbons (Fsp3) is 0.556. The van der Waals surface area contributed by atoms with Gasteiger partial charge in [0.05, 0.1) is 12.5 Å². The Bertz CT molecular complexity index is 529. The summed E-state index contributed by atoms with van der Waals surface area (Å²) in [4.78, 5) is 23.5. The second-order valence-electron chi connectivity index (χ2n) is 6.62. The summed E-state index contributed by atoms with van der Waals surface area (Å²) in [6, 6.07) is 6.81. The van der Waals surface area contributed by atoms with Crippen LogP contribution < -0.4 is 16.4 Å². The molecule has 2 atom stereocenters. The third-order valence-electron chi connectivity index (χ3n) is 3.73. The molecule has 0 aliphatic heterocycles. The van der Waals surface area contributed by atoms with Gasteiger partial charge in [0.25, 0.3) is 0 Å². The average molecular weight is 319 g/mol. The quantitative estimate of drug-likeness (QED) is 0.688. The van der Waals surface area contributed by atoms with E-state index in [2.05, 4.69) is 24.5 Å². The Labute approximate surface area is 139 Å². The van der Waals surface area contributed by atoms with Gasteiger partial charge in [-0.15, -0.1) is 0 Å². The van der Waals surface area contributed by atoms with E-state index in [-0.39, 0.29) is 18.4 Å². The van der Waals surface area contributed by atoms with E-state index >= 15 is 0 Å². The minimum atomic E-state index is -0.628. The lowest BCUT2D eigenvalue weighted by atomic mass is 10.0. The number of rotatable bonds is 8. The number of nitrogens with one attached hydrogen (secondary N) is 2. The first kappa shape index (κ1) is 19.0. The molecule has 0 aliphatic rings. The summed E-state index contributed by atoms with van der Waals surface area (Å²) in [6.45, 7) is 8.31. The molecule has 5 heteroatoms. The Kier molecular flexibility index (Phi) is 7.59. The maximum atomic E-state index is 12.2. The number of hydrogen-bond acceptors (Lipinski definition) is 2. The van der Waals surface area contributed by atoms with Crippen LogP contribution >= 0.6 is 0 Å². The molecular formula is C18H29N3O2. The summed E-state index contributed by atoms with van der Waals surface area (Å²) in [5.41, 5.74) is 7.20. The van der Waals surface area contributed by atoms with Crippen LogP contribution in [0.2, 0.25) is 0 Å². The summed E-state index contributed by atoms with van der Waals surface area (Å²) in [6.07, 6.45) is 2.20. The van der Waals surface area contributed by atoms with E-state index in [9.17, 15) is 9.59 Å². The molecule has 1 aromatic carbocycles. The number of carbonyl (C=O) groups excluding carboxylic acids is 2. The van der Waals surface area contributed by atoms with Crippen molar-refractivity contribution in [1.82, 2.24) is 10.6 Å². The van der Waals surface area contributed by atoms with Gasteiger partial charge in [-0.25, -0.2) is 4.79 Å². The van der Waals surface area contributed by atoms with E-state index in [0.29, 0.717) is 5.92 Å². The summed E-state index contributed by atoms with van der Waals surface area (Å²) < 4.78 is 0. The number of benzene rings is 1. The van der Waals surface area contributed by atoms with Crippen LogP contribution in [0.15, 0.2) is 24.3 Å². The van der Waals surface area contributed by atoms with Gasteiger partial charge in [0.2, 0.25) is 5.91 Å². The lowest BCUT2D eigenvalue weighted by molar-refractivity contribution is -0.122. The Hall–Kier alpha value is -2.04. The van der Waals surface area contributed by atoms with Crippen molar-refractivity contribution in [2.75, 3.05) is 0 Å². The molecule has 3 amide bonds. The molecule has 0 spiro atoms. The highest BCUT2D eigenvalue weighted by molar-refractivity contribution is 5.79. The summed E-state index contributed by atoms with van der Waals surface area (Å²) >= 11 is 0. The largest absolute Gasteiger partial charge is 0.354 e. The predicted octanol–water partition coefficient (Wildman–Crippen LogP) is 3.04. The third-order valence-corrected chi connectivity index (χ3v) is 3.73. The van der Waals surface area contributed by atoms with Crippen molar-refractivity contribution in [3.8, 4) is 0 Å². The van der Waals surface area contributed by atoms with E-state index in [4.69, 9.17) is 5.73 Å². The highest BCUT2D eigenvalue weighted by Crippen LogP contribution is 2.18. The van der Waals surface area contributed by atoms with Gasteiger partial charge in [0, 0.05) is 6.04 Å². The van der Waals surface area contributed by atoms with Gasteiger partial charge < -0.3 is 16.4 Å². The Morgan fingerprint density at radius 1 is 1.13 bits per heavy atom. The maximum Gasteiger partial charge on any atom is 0.312 e. The fourth-order valence-electron chi connectivity index (χ4n) is 2.49. The van der Waals surface area contributed by atoms with Crippen LogP contribution in [0, 0.1) is 12.8 Å². The van der Waals surface area contributed by atoms with Crippen molar-refractivity contribution in [1.29, 1.82) is 0 Å². The van der Waals surface area contributed by atoms with Gasteiger partial charge in [0.15, 0.2) is 0 Å². The van der Waals surface area contributed by atoms with Gasteiger partial charge in [-0.3, -0.25) is 4.79 Å². The van der Waals surface area contributed by atoms with Gasteiger partial charge in [0.1, 0.15) is 0 Å². The molecule has 0 saturated carbocycles. The summed E-state index contributed by atoms with van der Waals surface area (Å²) in [7, 11) is 0. The zero-order chi connectivity index (χ0) is 17.4. The van der Waals surface area contributed by atoms with Crippen LogP contribution in [-0.4, -0.2) is 18.0 Å². The molecule has 0 radical (unpaired) electrons. The molecule has 0 saturated heterocycles. The van der Waals surface area contributed by atoms with Crippen LogP contribution in [0.5, 0.6) is 0 Å². The molecule has 0 bridgehead atoms. The first-order valence-corrected chi connectivity index (χ1v) is 8.19. The van der Waals surface area contributed by atoms with Crippen molar-refractivity contribution in [2.45, 2.75) is 59.0 Å². The molecule has 0 aliphatic carbocycles. The van der Waals surface area contributed by atoms with Gasteiger partial charge in [-0.1, -0.05) is 43.7 Å². The van der Waals surface area contributed by atoms with Gasteiger partial charge >= 0.3 is 6.03 Å². The Morgan fingerprint density at radius 2 is 1.83 bits per heavy atom. The third kappa shape index (κ3) is 7.68. The molecule has 4 N–H and O–H groups in total. The molecule has 5 nitrogen and oxygen atoms in total. The highest BCUT2D eigenvalue weighted by Gasteiger charge is 2.18. The number of amides is 3. The minimum Gasteiger partial charge on any atom is -0.354 e. The summed E-state index contributed by atoms with van der Waals surface area (Å²) in [5.74, 6) is 0.535. The van der Waals surface area contributed by atoms with Crippen LogP contribution in [0.25, 0.3) is 0 Å². The molecule has 128 valence electrons. The van der Waals surface area contributed by atoms with Crippen molar-refractivity contribution in [3.63, 3.8) is 0 Å². The molecule has 0 fully saturated rings. The number of carbonyl (C=O) groups is 2. The molecule has 1 rings (SSSR count). The molecule has 1 aromatic rings. The van der Waals surface area contributed by atoms with Crippen molar-refractivity contribution >= 4 is 11.9 Å². The number of urea groups is 1. The van der Waals surface area contributed by atoms with Crippen LogP contribution in [0.1, 0.15) is 57.2 Å². The first-order valence-electron chi connectivity index (χ1n) is 8.19. The molecule has 0 aromatic heterocycles. The van der Waals surface area contributed by atoms with Crippen molar-refractivity contribution < 1.29 is 9.59 Å². The Morgan fingerprint density at radius 3 is 2.39 bits per heavy atom. The minimum absolute atomic E-state index is 0.0819.